The SMILES string of the molecule is COc1ccc(NC(=O)CSc2nc(C)nc3sc4c(c23)CC[C@H](C)C4)c(OC)c1. The Morgan fingerprint density at radius 3 is 2.90 bits per heavy atom. The average molecular weight is 444 g/mol. The first-order valence-electron chi connectivity index (χ1n) is 9.92. The lowest BCUT2D eigenvalue weighted by Crippen LogP contribution is -2.15. The fraction of sp³-hybridized carbons (Fsp3) is 0.409. The van der Waals surface area contributed by atoms with Gasteiger partial charge < -0.3 is 14.8 Å². The summed E-state index contributed by atoms with van der Waals surface area (Å²) in [6.45, 7) is 4.21. The first-order valence-corrected chi connectivity index (χ1v) is 11.7. The number of carbonyl (C=O) groups is 1. The summed E-state index contributed by atoms with van der Waals surface area (Å²) in [6.07, 6.45) is 3.36. The molecule has 0 saturated heterocycles. The predicted octanol–water partition coefficient (Wildman–Crippen LogP) is 4.87. The Morgan fingerprint density at radius 1 is 1.30 bits per heavy atom. The van der Waals surface area contributed by atoms with E-state index in [4.69, 9.17) is 9.47 Å². The molecular formula is C22H25N3O3S2. The summed E-state index contributed by atoms with van der Waals surface area (Å²) in [5, 5.41) is 4.98. The lowest BCUT2D eigenvalue weighted by atomic mass is 9.89. The molecule has 30 heavy (non-hydrogen) atoms. The van der Waals surface area contributed by atoms with Crippen LogP contribution in [0, 0.1) is 12.8 Å². The second-order valence-electron chi connectivity index (χ2n) is 7.51. The highest BCUT2D eigenvalue weighted by Gasteiger charge is 2.24. The Bertz CT molecular complexity index is 1100. The predicted molar refractivity (Wildman–Crippen MR) is 122 cm³/mol. The van der Waals surface area contributed by atoms with Gasteiger partial charge in [0.25, 0.3) is 0 Å². The molecule has 0 aliphatic heterocycles. The maximum Gasteiger partial charge on any atom is 0.234 e. The average Bonchev–Trinajstić information content (AvgIpc) is 3.09. The van der Waals surface area contributed by atoms with Gasteiger partial charge >= 0.3 is 0 Å². The molecule has 2 aromatic heterocycles. The molecule has 158 valence electrons. The molecule has 1 amide bonds. The Kier molecular flexibility index (Phi) is 6.15. The zero-order valence-electron chi connectivity index (χ0n) is 17.6. The third-order valence-electron chi connectivity index (χ3n) is 5.26. The van der Waals surface area contributed by atoms with Crippen LogP contribution in [-0.2, 0) is 17.6 Å². The van der Waals surface area contributed by atoms with Gasteiger partial charge in [-0.15, -0.1) is 11.3 Å². The van der Waals surface area contributed by atoms with Crippen molar-refractivity contribution < 1.29 is 14.3 Å². The number of aromatic nitrogens is 2. The van der Waals surface area contributed by atoms with E-state index in [1.54, 1.807) is 43.8 Å². The van der Waals surface area contributed by atoms with Crippen molar-refractivity contribution in [3.05, 3.63) is 34.5 Å². The first-order chi connectivity index (χ1) is 14.5. The number of nitrogens with one attached hydrogen (secondary N) is 1. The quantitative estimate of drug-likeness (QED) is 0.433. The van der Waals surface area contributed by atoms with Gasteiger partial charge in [0.05, 0.1) is 25.7 Å². The molecule has 3 aromatic rings. The maximum atomic E-state index is 12.6. The number of ether oxygens (including phenoxy) is 2. The van der Waals surface area contributed by atoms with E-state index in [1.165, 1.54) is 28.6 Å². The van der Waals surface area contributed by atoms with E-state index < -0.39 is 0 Å². The van der Waals surface area contributed by atoms with Crippen LogP contribution < -0.4 is 14.8 Å². The minimum atomic E-state index is -0.106. The van der Waals surface area contributed by atoms with E-state index in [-0.39, 0.29) is 11.7 Å². The van der Waals surface area contributed by atoms with E-state index in [9.17, 15) is 4.79 Å². The van der Waals surface area contributed by atoms with Crippen LogP contribution in [0.2, 0.25) is 0 Å². The van der Waals surface area contributed by atoms with Gasteiger partial charge in [0.15, 0.2) is 0 Å². The summed E-state index contributed by atoms with van der Waals surface area (Å²) in [4.78, 5) is 24.5. The van der Waals surface area contributed by atoms with Crippen LogP contribution in [0.3, 0.4) is 0 Å². The second-order valence-corrected chi connectivity index (χ2v) is 9.56. The Morgan fingerprint density at radius 2 is 2.13 bits per heavy atom. The number of amides is 1. The van der Waals surface area contributed by atoms with E-state index in [1.807, 2.05) is 6.92 Å². The van der Waals surface area contributed by atoms with Crippen molar-refractivity contribution in [1.29, 1.82) is 0 Å². The number of anilines is 1. The van der Waals surface area contributed by atoms with Gasteiger partial charge in [-0.25, -0.2) is 9.97 Å². The zero-order chi connectivity index (χ0) is 21.3. The molecule has 6 nitrogen and oxygen atoms in total. The van der Waals surface area contributed by atoms with Gasteiger partial charge in [0.1, 0.15) is 27.2 Å². The molecule has 0 spiro atoms. The van der Waals surface area contributed by atoms with Crippen molar-refractivity contribution in [2.75, 3.05) is 25.3 Å². The fourth-order valence-electron chi connectivity index (χ4n) is 3.74. The highest BCUT2D eigenvalue weighted by molar-refractivity contribution is 8.00. The second kappa shape index (κ2) is 8.81. The molecule has 1 aliphatic rings. The molecule has 1 aliphatic carbocycles. The first kappa shape index (κ1) is 20.9. The maximum absolute atomic E-state index is 12.6. The number of fused-ring (bicyclic) bond motifs is 3. The van der Waals surface area contributed by atoms with Gasteiger partial charge in [-0.1, -0.05) is 18.7 Å². The molecule has 0 radical (unpaired) electrons. The minimum Gasteiger partial charge on any atom is -0.497 e. The Labute approximate surface area is 184 Å². The van der Waals surface area contributed by atoms with E-state index in [0.717, 1.165) is 33.9 Å². The highest BCUT2D eigenvalue weighted by atomic mass is 32.2. The van der Waals surface area contributed by atoms with Gasteiger partial charge in [-0.2, -0.15) is 0 Å². The van der Waals surface area contributed by atoms with Crippen molar-refractivity contribution in [2.24, 2.45) is 5.92 Å². The summed E-state index contributed by atoms with van der Waals surface area (Å²) < 4.78 is 10.6. The third kappa shape index (κ3) is 4.25. The molecule has 8 heteroatoms. The molecule has 1 aromatic carbocycles. The lowest BCUT2D eigenvalue weighted by Gasteiger charge is -2.18. The van der Waals surface area contributed by atoms with Crippen LogP contribution in [0.25, 0.3) is 10.2 Å². The Hall–Kier alpha value is -2.32. The molecule has 0 fully saturated rings. The standard InChI is InChI=1S/C22H25N3O3S2/c1-12-5-7-15-18(9-12)30-22-20(15)21(23-13(2)24-22)29-11-19(26)25-16-8-6-14(27-3)10-17(16)28-4/h6,8,10,12H,5,7,9,11H2,1-4H3,(H,25,26)/t12-/m0/s1. The third-order valence-corrected chi connectivity index (χ3v) is 7.38. The summed E-state index contributed by atoms with van der Waals surface area (Å²) in [5.74, 6) is 2.85. The van der Waals surface area contributed by atoms with Crippen molar-refractivity contribution >= 4 is 44.9 Å². The van der Waals surface area contributed by atoms with E-state index in [0.29, 0.717) is 23.1 Å². The van der Waals surface area contributed by atoms with Gasteiger partial charge in [0.2, 0.25) is 5.91 Å². The van der Waals surface area contributed by atoms with Crippen LogP contribution in [0.1, 0.15) is 29.6 Å². The van der Waals surface area contributed by atoms with Gasteiger partial charge in [-0.3, -0.25) is 4.79 Å². The molecule has 0 unspecified atom stereocenters. The number of carbonyl (C=O) groups excluding carboxylic acids is 1. The number of hydrogen-bond donors (Lipinski definition) is 1. The van der Waals surface area contributed by atoms with Crippen molar-refractivity contribution in [3.63, 3.8) is 0 Å². The van der Waals surface area contributed by atoms with Crippen LogP contribution in [0.4, 0.5) is 5.69 Å². The summed E-state index contributed by atoms with van der Waals surface area (Å²) >= 11 is 3.25. The van der Waals surface area contributed by atoms with Gasteiger partial charge in [0, 0.05) is 16.3 Å². The van der Waals surface area contributed by atoms with E-state index in [2.05, 4.69) is 22.2 Å². The number of aryl methyl sites for hydroxylation is 2. The summed E-state index contributed by atoms with van der Waals surface area (Å²) in [7, 11) is 3.16. The largest absolute Gasteiger partial charge is 0.497 e. The topological polar surface area (TPSA) is 73.3 Å². The number of thioether (sulfide) groups is 1. The van der Waals surface area contributed by atoms with Crippen molar-refractivity contribution in [3.8, 4) is 11.5 Å². The zero-order valence-corrected chi connectivity index (χ0v) is 19.2. The van der Waals surface area contributed by atoms with Crippen molar-refractivity contribution in [2.45, 2.75) is 38.1 Å². The number of hydrogen-bond acceptors (Lipinski definition) is 7. The molecule has 4 rings (SSSR count). The molecule has 1 N–H and O–H groups in total. The number of nitrogens with zero attached hydrogens (tertiary/aromatic N) is 2. The monoisotopic (exact) mass is 443 g/mol. The number of benzene rings is 1. The molecule has 0 bridgehead atoms. The minimum absolute atomic E-state index is 0.106. The van der Waals surface area contributed by atoms with Crippen LogP contribution in [0.15, 0.2) is 23.2 Å². The van der Waals surface area contributed by atoms with Crippen LogP contribution >= 0.6 is 23.1 Å². The fourth-order valence-corrected chi connectivity index (χ4v) is 6.13. The highest BCUT2D eigenvalue weighted by Crippen LogP contribution is 2.41. The number of thiophene rings is 1. The van der Waals surface area contributed by atoms with Crippen molar-refractivity contribution in [1.82, 2.24) is 9.97 Å². The number of methoxy groups -OCH3 is 2. The smallest absolute Gasteiger partial charge is 0.234 e. The molecule has 0 saturated carbocycles. The lowest BCUT2D eigenvalue weighted by molar-refractivity contribution is -0.113. The van der Waals surface area contributed by atoms with Gasteiger partial charge in [-0.05, 0) is 49.8 Å². The molecule has 1 atom stereocenters. The summed E-state index contributed by atoms with van der Waals surface area (Å²) in [6, 6.07) is 5.32. The van der Waals surface area contributed by atoms with Crippen LogP contribution in [-0.4, -0.2) is 35.8 Å². The Balaban J connectivity index is 1.53. The summed E-state index contributed by atoms with van der Waals surface area (Å²) in [5.41, 5.74) is 2.00. The molecule has 2 heterocycles. The normalized spacial score (nSPS) is 15.7. The number of rotatable bonds is 6. The molecular weight excluding hydrogens is 418 g/mol. The van der Waals surface area contributed by atoms with Crippen LogP contribution in [0.5, 0.6) is 11.5 Å². The van der Waals surface area contributed by atoms with E-state index >= 15 is 0 Å².